The molecular formula is C11H23N3O2. The predicted molar refractivity (Wildman–Crippen MR) is 63.1 cm³/mol. The summed E-state index contributed by atoms with van der Waals surface area (Å²) >= 11 is 0. The highest BCUT2D eigenvalue weighted by atomic mass is 16.5. The van der Waals surface area contributed by atoms with Crippen molar-refractivity contribution >= 4 is 5.91 Å². The minimum absolute atomic E-state index is 0.258. The van der Waals surface area contributed by atoms with Crippen molar-refractivity contribution in [3.05, 3.63) is 0 Å². The van der Waals surface area contributed by atoms with E-state index in [4.69, 9.17) is 10.5 Å². The molecule has 5 nitrogen and oxygen atoms in total. The Morgan fingerprint density at radius 2 is 2.06 bits per heavy atom. The van der Waals surface area contributed by atoms with Crippen molar-refractivity contribution in [1.82, 2.24) is 10.2 Å². The number of nitrogens with two attached hydrogens (primary N) is 1. The summed E-state index contributed by atoms with van der Waals surface area (Å²) in [5.74, 6) is -0.258. The van der Waals surface area contributed by atoms with E-state index in [0.717, 1.165) is 39.4 Å². The summed E-state index contributed by atoms with van der Waals surface area (Å²) in [4.78, 5) is 13.4. The molecule has 0 radical (unpaired) electrons. The van der Waals surface area contributed by atoms with E-state index >= 15 is 0 Å². The number of morpholine rings is 1. The second-order valence-electron chi connectivity index (χ2n) is 4.88. The molecule has 0 saturated carbocycles. The first-order valence-corrected chi connectivity index (χ1v) is 5.83. The molecule has 1 fully saturated rings. The lowest BCUT2D eigenvalue weighted by Gasteiger charge is -2.27. The average Bonchev–Trinajstić information content (AvgIpc) is 2.26. The molecule has 1 heterocycles. The molecule has 0 aromatic heterocycles. The van der Waals surface area contributed by atoms with Gasteiger partial charge in [0.2, 0.25) is 5.91 Å². The molecule has 1 aliphatic rings. The SMILES string of the molecule is CC(C)(CNCCN1CCOCC1)C(N)=O. The van der Waals surface area contributed by atoms with Gasteiger partial charge in [0.15, 0.2) is 0 Å². The molecule has 0 aromatic carbocycles. The zero-order valence-corrected chi connectivity index (χ0v) is 10.3. The van der Waals surface area contributed by atoms with Gasteiger partial charge in [0, 0.05) is 32.7 Å². The van der Waals surface area contributed by atoms with Crippen molar-refractivity contribution in [1.29, 1.82) is 0 Å². The van der Waals surface area contributed by atoms with E-state index < -0.39 is 5.41 Å². The lowest BCUT2D eigenvalue weighted by molar-refractivity contribution is -0.125. The maximum Gasteiger partial charge on any atom is 0.224 e. The molecule has 3 N–H and O–H groups in total. The lowest BCUT2D eigenvalue weighted by Crippen LogP contribution is -2.44. The van der Waals surface area contributed by atoms with Gasteiger partial charge in [0.1, 0.15) is 0 Å². The fourth-order valence-corrected chi connectivity index (χ4v) is 1.55. The Kier molecular flexibility index (Phi) is 5.18. The number of primary amides is 1. The number of carbonyl (C=O) groups excluding carboxylic acids is 1. The molecule has 0 unspecified atom stereocenters. The highest BCUT2D eigenvalue weighted by molar-refractivity contribution is 5.80. The van der Waals surface area contributed by atoms with Crippen molar-refractivity contribution < 1.29 is 9.53 Å². The number of rotatable bonds is 6. The van der Waals surface area contributed by atoms with Crippen LogP contribution in [0.4, 0.5) is 0 Å². The Bertz CT molecular complexity index is 225. The molecule has 1 amide bonds. The zero-order chi connectivity index (χ0) is 12.0. The van der Waals surface area contributed by atoms with Crippen LogP contribution >= 0.6 is 0 Å². The zero-order valence-electron chi connectivity index (χ0n) is 10.3. The quantitative estimate of drug-likeness (QED) is 0.598. The summed E-state index contributed by atoms with van der Waals surface area (Å²) in [6.45, 7) is 9.89. The van der Waals surface area contributed by atoms with Gasteiger partial charge in [0.05, 0.1) is 18.6 Å². The topological polar surface area (TPSA) is 67.6 Å². The molecule has 0 atom stereocenters. The van der Waals surface area contributed by atoms with Crippen LogP contribution in [-0.4, -0.2) is 56.7 Å². The van der Waals surface area contributed by atoms with Crippen molar-refractivity contribution in [2.75, 3.05) is 45.9 Å². The van der Waals surface area contributed by atoms with Gasteiger partial charge in [-0.1, -0.05) is 0 Å². The number of nitrogens with one attached hydrogen (secondary N) is 1. The number of hydrogen-bond donors (Lipinski definition) is 2. The maximum atomic E-state index is 11.1. The first kappa shape index (κ1) is 13.4. The van der Waals surface area contributed by atoms with Gasteiger partial charge < -0.3 is 15.8 Å². The third kappa shape index (κ3) is 4.47. The van der Waals surface area contributed by atoms with E-state index in [1.54, 1.807) is 0 Å². The molecule has 0 spiro atoms. The van der Waals surface area contributed by atoms with E-state index in [-0.39, 0.29) is 5.91 Å². The third-order valence-electron chi connectivity index (χ3n) is 2.94. The Morgan fingerprint density at radius 1 is 1.44 bits per heavy atom. The Balaban J connectivity index is 2.09. The summed E-state index contributed by atoms with van der Waals surface area (Å²) in [6.07, 6.45) is 0. The van der Waals surface area contributed by atoms with Crippen LogP contribution in [0.25, 0.3) is 0 Å². The van der Waals surface area contributed by atoms with Crippen LogP contribution in [0.2, 0.25) is 0 Å². The number of carbonyl (C=O) groups is 1. The molecule has 1 saturated heterocycles. The van der Waals surface area contributed by atoms with Gasteiger partial charge in [-0.15, -0.1) is 0 Å². The van der Waals surface area contributed by atoms with Crippen LogP contribution in [0.3, 0.4) is 0 Å². The molecule has 0 bridgehead atoms. The maximum absolute atomic E-state index is 11.1. The van der Waals surface area contributed by atoms with Crippen LogP contribution < -0.4 is 11.1 Å². The van der Waals surface area contributed by atoms with Crippen molar-refractivity contribution in [2.24, 2.45) is 11.1 Å². The van der Waals surface area contributed by atoms with Gasteiger partial charge in [-0.2, -0.15) is 0 Å². The van der Waals surface area contributed by atoms with Crippen molar-refractivity contribution in [2.45, 2.75) is 13.8 Å². The lowest BCUT2D eigenvalue weighted by atomic mass is 9.93. The number of ether oxygens (including phenoxy) is 1. The van der Waals surface area contributed by atoms with Gasteiger partial charge >= 0.3 is 0 Å². The molecule has 5 heteroatoms. The van der Waals surface area contributed by atoms with E-state index in [0.29, 0.717) is 6.54 Å². The van der Waals surface area contributed by atoms with Crippen molar-refractivity contribution in [3.63, 3.8) is 0 Å². The molecule has 94 valence electrons. The molecule has 1 aliphatic heterocycles. The fourth-order valence-electron chi connectivity index (χ4n) is 1.55. The summed E-state index contributed by atoms with van der Waals surface area (Å²) in [5.41, 5.74) is 4.82. The standard InChI is InChI=1S/C11H23N3O2/c1-11(2,10(12)15)9-13-3-4-14-5-7-16-8-6-14/h13H,3-9H2,1-2H3,(H2,12,15). The number of nitrogens with zero attached hydrogens (tertiary/aromatic N) is 1. The third-order valence-corrected chi connectivity index (χ3v) is 2.94. The first-order chi connectivity index (χ1) is 7.52. The van der Waals surface area contributed by atoms with Gasteiger partial charge in [-0.05, 0) is 13.8 Å². The monoisotopic (exact) mass is 229 g/mol. The first-order valence-electron chi connectivity index (χ1n) is 5.83. The predicted octanol–water partition coefficient (Wildman–Crippen LogP) is -0.580. The number of hydrogen-bond acceptors (Lipinski definition) is 4. The van der Waals surface area contributed by atoms with Crippen LogP contribution in [0.15, 0.2) is 0 Å². The van der Waals surface area contributed by atoms with E-state index in [9.17, 15) is 4.79 Å². The van der Waals surface area contributed by atoms with Crippen LogP contribution in [0, 0.1) is 5.41 Å². The van der Waals surface area contributed by atoms with Gasteiger partial charge in [0.25, 0.3) is 0 Å². The molecule has 1 rings (SSSR count). The average molecular weight is 229 g/mol. The Labute approximate surface area is 97.3 Å². The summed E-state index contributed by atoms with van der Waals surface area (Å²) < 4.78 is 5.27. The van der Waals surface area contributed by atoms with Crippen LogP contribution in [0.1, 0.15) is 13.8 Å². The second kappa shape index (κ2) is 6.18. The minimum Gasteiger partial charge on any atom is -0.379 e. The molecular weight excluding hydrogens is 206 g/mol. The minimum atomic E-state index is -0.467. The molecule has 16 heavy (non-hydrogen) atoms. The van der Waals surface area contributed by atoms with Crippen LogP contribution in [0.5, 0.6) is 0 Å². The van der Waals surface area contributed by atoms with E-state index in [1.165, 1.54) is 0 Å². The van der Waals surface area contributed by atoms with Crippen LogP contribution in [-0.2, 0) is 9.53 Å². The molecule has 0 aliphatic carbocycles. The highest BCUT2D eigenvalue weighted by Crippen LogP contribution is 2.11. The summed E-state index contributed by atoms with van der Waals surface area (Å²) in [7, 11) is 0. The van der Waals surface area contributed by atoms with Crippen molar-refractivity contribution in [3.8, 4) is 0 Å². The normalized spacial score (nSPS) is 18.6. The van der Waals surface area contributed by atoms with Gasteiger partial charge in [-0.3, -0.25) is 9.69 Å². The Morgan fingerprint density at radius 3 is 2.62 bits per heavy atom. The molecule has 0 aromatic rings. The smallest absolute Gasteiger partial charge is 0.224 e. The van der Waals surface area contributed by atoms with Gasteiger partial charge in [-0.25, -0.2) is 0 Å². The highest BCUT2D eigenvalue weighted by Gasteiger charge is 2.24. The fraction of sp³-hybridized carbons (Fsp3) is 0.909. The summed E-state index contributed by atoms with van der Waals surface area (Å²) in [6, 6.07) is 0. The Hall–Kier alpha value is -0.650. The second-order valence-corrected chi connectivity index (χ2v) is 4.88. The van der Waals surface area contributed by atoms with E-state index in [2.05, 4.69) is 10.2 Å². The number of amides is 1. The van der Waals surface area contributed by atoms with E-state index in [1.807, 2.05) is 13.8 Å². The largest absolute Gasteiger partial charge is 0.379 e. The summed E-state index contributed by atoms with van der Waals surface area (Å²) in [5, 5.41) is 3.27.